The summed E-state index contributed by atoms with van der Waals surface area (Å²) in [6, 6.07) is 7.25. The quantitative estimate of drug-likeness (QED) is 0.670. The molecular formula is C11H14O2. The monoisotopic (exact) mass is 178 g/mol. The van der Waals surface area contributed by atoms with Crippen molar-refractivity contribution in [1.29, 1.82) is 0 Å². The number of hydrogen-bond donors (Lipinski definition) is 1. The van der Waals surface area contributed by atoms with Crippen molar-refractivity contribution >= 4 is 6.08 Å². The van der Waals surface area contributed by atoms with Crippen molar-refractivity contribution in [2.75, 3.05) is 13.2 Å². The number of para-hydroxylation sites is 1. The molecule has 1 saturated heterocycles. The number of aromatic hydroxyl groups is 1. The van der Waals surface area contributed by atoms with Crippen LogP contribution in [0.15, 0.2) is 30.3 Å². The third-order valence-corrected chi connectivity index (χ3v) is 1.49. The van der Waals surface area contributed by atoms with Gasteiger partial charge in [-0.15, -0.1) is 0 Å². The van der Waals surface area contributed by atoms with Crippen LogP contribution in [0, 0.1) is 0 Å². The van der Waals surface area contributed by atoms with Crippen LogP contribution in [0.25, 0.3) is 6.08 Å². The molecule has 0 aromatic heterocycles. The summed E-state index contributed by atoms with van der Waals surface area (Å²) in [5.74, 6) is 0.334. The summed E-state index contributed by atoms with van der Waals surface area (Å²) < 4.78 is 4.50. The van der Waals surface area contributed by atoms with Crippen LogP contribution >= 0.6 is 0 Å². The molecule has 0 unspecified atom stereocenters. The first-order valence-corrected chi connectivity index (χ1v) is 4.33. The van der Waals surface area contributed by atoms with Gasteiger partial charge in [0.1, 0.15) is 5.75 Å². The standard InChI is InChI=1S/C9H10O.C2H4O/c1-2-5-8-6-3-4-7-9(8)10;1-2-3-1/h2-7,10H,1H3;1-2H2. The van der Waals surface area contributed by atoms with Gasteiger partial charge in [0.15, 0.2) is 0 Å². The second-order valence-electron chi connectivity index (χ2n) is 2.67. The number of hydrogen-bond acceptors (Lipinski definition) is 2. The van der Waals surface area contributed by atoms with Crippen molar-refractivity contribution in [1.82, 2.24) is 0 Å². The zero-order valence-corrected chi connectivity index (χ0v) is 7.73. The van der Waals surface area contributed by atoms with Crippen molar-refractivity contribution in [3.8, 4) is 5.75 Å². The number of epoxide rings is 1. The van der Waals surface area contributed by atoms with Gasteiger partial charge in [-0.05, 0) is 13.0 Å². The molecule has 70 valence electrons. The first kappa shape index (κ1) is 9.81. The van der Waals surface area contributed by atoms with E-state index in [4.69, 9.17) is 0 Å². The lowest BCUT2D eigenvalue weighted by atomic mass is 10.2. The minimum atomic E-state index is 0.334. The first-order chi connectivity index (χ1) is 6.34. The van der Waals surface area contributed by atoms with Gasteiger partial charge in [-0.2, -0.15) is 0 Å². The third kappa shape index (κ3) is 4.33. The van der Waals surface area contributed by atoms with Crippen molar-refractivity contribution in [2.24, 2.45) is 0 Å². The van der Waals surface area contributed by atoms with Crippen LogP contribution in [0.3, 0.4) is 0 Å². The first-order valence-electron chi connectivity index (χ1n) is 4.33. The van der Waals surface area contributed by atoms with Crippen LogP contribution in [0.2, 0.25) is 0 Å². The van der Waals surface area contributed by atoms with E-state index in [1.54, 1.807) is 6.07 Å². The Kier molecular flexibility index (Phi) is 4.06. The van der Waals surface area contributed by atoms with E-state index in [0.717, 1.165) is 18.8 Å². The summed E-state index contributed by atoms with van der Waals surface area (Å²) in [6.45, 7) is 3.92. The molecule has 13 heavy (non-hydrogen) atoms. The molecule has 0 saturated carbocycles. The second-order valence-corrected chi connectivity index (χ2v) is 2.67. The van der Waals surface area contributed by atoms with Crippen molar-refractivity contribution < 1.29 is 9.84 Å². The van der Waals surface area contributed by atoms with Crippen molar-refractivity contribution in [3.63, 3.8) is 0 Å². The van der Waals surface area contributed by atoms with Crippen LogP contribution in [0.5, 0.6) is 5.75 Å². The van der Waals surface area contributed by atoms with E-state index in [2.05, 4.69) is 4.74 Å². The molecule has 1 fully saturated rings. The third-order valence-electron chi connectivity index (χ3n) is 1.49. The summed E-state index contributed by atoms with van der Waals surface area (Å²) in [5.41, 5.74) is 0.866. The van der Waals surface area contributed by atoms with Gasteiger partial charge in [0.2, 0.25) is 0 Å². The van der Waals surface area contributed by atoms with Gasteiger partial charge in [0.25, 0.3) is 0 Å². The lowest BCUT2D eigenvalue weighted by Gasteiger charge is -1.94. The molecule has 0 aliphatic carbocycles. The second kappa shape index (κ2) is 5.38. The van der Waals surface area contributed by atoms with E-state index in [1.807, 2.05) is 37.3 Å². The molecule has 0 atom stereocenters. The maximum absolute atomic E-state index is 9.19. The topological polar surface area (TPSA) is 32.8 Å². The Bertz CT molecular complexity index is 274. The molecule has 2 rings (SSSR count). The molecule has 1 aromatic carbocycles. The predicted octanol–water partition coefficient (Wildman–Crippen LogP) is 2.44. The number of phenolic OH excluding ortho intramolecular Hbond substituents is 1. The number of rotatable bonds is 1. The molecule has 0 amide bonds. The highest BCUT2D eigenvalue weighted by molar-refractivity contribution is 5.55. The number of allylic oxidation sites excluding steroid dienone is 1. The molecule has 1 aliphatic heterocycles. The maximum Gasteiger partial charge on any atom is 0.122 e. The Balaban J connectivity index is 0.000000236. The molecule has 2 nitrogen and oxygen atoms in total. The number of benzene rings is 1. The maximum atomic E-state index is 9.19. The molecule has 2 heteroatoms. The largest absolute Gasteiger partial charge is 0.507 e. The minimum absolute atomic E-state index is 0.334. The lowest BCUT2D eigenvalue weighted by molar-refractivity contribution is 0.474. The van der Waals surface area contributed by atoms with Crippen molar-refractivity contribution in [3.05, 3.63) is 35.9 Å². The van der Waals surface area contributed by atoms with Gasteiger partial charge in [0.05, 0.1) is 13.2 Å². The zero-order chi connectivity index (χ0) is 9.52. The van der Waals surface area contributed by atoms with Crippen LogP contribution in [0.4, 0.5) is 0 Å². The Morgan fingerprint density at radius 1 is 1.31 bits per heavy atom. The summed E-state index contributed by atoms with van der Waals surface area (Å²) in [4.78, 5) is 0. The van der Waals surface area contributed by atoms with Gasteiger partial charge < -0.3 is 9.84 Å². The Morgan fingerprint density at radius 3 is 2.38 bits per heavy atom. The van der Waals surface area contributed by atoms with E-state index < -0.39 is 0 Å². The Hall–Kier alpha value is -1.28. The summed E-state index contributed by atoms with van der Waals surface area (Å²) in [5, 5.41) is 9.19. The van der Waals surface area contributed by atoms with Gasteiger partial charge in [0, 0.05) is 5.56 Å². The van der Waals surface area contributed by atoms with E-state index in [-0.39, 0.29) is 0 Å². The lowest BCUT2D eigenvalue weighted by Crippen LogP contribution is -1.70. The van der Waals surface area contributed by atoms with Crippen LogP contribution in [-0.2, 0) is 4.74 Å². The average Bonchev–Trinajstić information content (AvgIpc) is 2.95. The Labute approximate surface area is 78.5 Å². The van der Waals surface area contributed by atoms with Gasteiger partial charge in [-0.3, -0.25) is 0 Å². The SMILES string of the molecule is C1CO1.CC=Cc1ccccc1O. The van der Waals surface area contributed by atoms with E-state index >= 15 is 0 Å². The molecule has 0 bridgehead atoms. The minimum Gasteiger partial charge on any atom is -0.507 e. The van der Waals surface area contributed by atoms with E-state index in [1.165, 1.54) is 0 Å². The van der Waals surface area contributed by atoms with Gasteiger partial charge in [-0.25, -0.2) is 0 Å². The number of ether oxygens (including phenoxy) is 1. The molecule has 1 heterocycles. The highest BCUT2D eigenvalue weighted by atomic mass is 16.6. The smallest absolute Gasteiger partial charge is 0.122 e. The highest BCUT2D eigenvalue weighted by Crippen LogP contribution is 2.16. The number of phenols is 1. The molecular weight excluding hydrogens is 164 g/mol. The van der Waals surface area contributed by atoms with E-state index in [9.17, 15) is 5.11 Å². The zero-order valence-electron chi connectivity index (χ0n) is 7.73. The molecule has 0 radical (unpaired) electrons. The highest BCUT2D eigenvalue weighted by Gasteiger charge is 1.94. The molecule has 1 N–H and O–H groups in total. The normalized spacial score (nSPS) is 13.6. The summed E-state index contributed by atoms with van der Waals surface area (Å²) >= 11 is 0. The van der Waals surface area contributed by atoms with Gasteiger partial charge >= 0.3 is 0 Å². The van der Waals surface area contributed by atoms with Crippen LogP contribution in [-0.4, -0.2) is 18.3 Å². The summed E-state index contributed by atoms with van der Waals surface area (Å²) in [7, 11) is 0. The average molecular weight is 178 g/mol. The predicted molar refractivity (Wildman–Crippen MR) is 53.6 cm³/mol. The fourth-order valence-corrected chi connectivity index (χ4v) is 0.808. The fraction of sp³-hybridized carbons (Fsp3) is 0.273. The molecule has 1 aromatic rings. The van der Waals surface area contributed by atoms with E-state index in [0.29, 0.717) is 5.75 Å². The van der Waals surface area contributed by atoms with Gasteiger partial charge in [-0.1, -0.05) is 30.4 Å². The molecule has 0 spiro atoms. The molecule has 1 aliphatic rings. The summed E-state index contributed by atoms with van der Waals surface area (Å²) in [6.07, 6.45) is 3.77. The van der Waals surface area contributed by atoms with Crippen LogP contribution in [0.1, 0.15) is 12.5 Å². The van der Waals surface area contributed by atoms with Crippen molar-refractivity contribution in [2.45, 2.75) is 6.92 Å². The Morgan fingerprint density at radius 2 is 1.92 bits per heavy atom. The van der Waals surface area contributed by atoms with Crippen LogP contribution < -0.4 is 0 Å². The fourth-order valence-electron chi connectivity index (χ4n) is 0.808.